The largest absolute Gasteiger partial charge is 0.494 e. The zero-order chi connectivity index (χ0) is 9.14. The molecule has 12 heavy (non-hydrogen) atoms. The van der Waals surface area contributed by atoms with E-state index in [1.54, 1.807) is 13.0 Å². The molecule has 1 aromatic heterocycles. The minimum Gasteiger partial charge on any atom is -0.494 e. The van der Waals surface area contributed by atoms with E-state index in [0.29, 0.717) is 17.0 Å². The van der Waals surface area contributed by atoms with Crippen molar-refractivity contribution in [2.45, 2.75) is 6.92 Å². The summed E-state index contributed by atoms with van der Waals surface area (Å²) in [6.45, 7) is 1.72. The van der Waals surface area contributed by atoms with E-state index in [1.165, 1.54) is 7.11 Å². The van der Waals surface area contributed by atoms with Gasteiger partial charge in [-0.05, 0) is 13.0 Å². The van der Waals surface area contributed by atoms with E-state index in [2.05, 4.69) is 4.98 Å². The fourth-order valence-electron chi connectivity index (χ4n) is 0.835. The van der Waals surface area contributed by atoms with Gasteiger partial charge in [-0.1, -0.05) is 11.6 Å². The van der Waals surface area contributed by atoms with Crippen LogP contribution in [0.15, 0.2) is 6.07 Å². The van der Waals surface area contributed by atoms with Gasteiger partial charge in [0, 0.05) is 11.3 Å². The van der Waals surface area contributed by atoms with Crippen LogP contribution in [-0.2, 0) is 0 Å². The van der Waals surface area contributed by atoms with Gasteiger partial charge in [-0.2, -0.15) is 0 Å². The molecule has 0 bridgehead atoms. The van der Waals surface area contributed by atoms with E-state index < -0.39 is 0 Å². The molecule has 0 aliphatic rings. The van der Waals surface area contributed by atoms with Crippen molar-refractivity contribution in [3.05, 3.63) is 22.5 Å². The Morgan fingerprint density at radius 3 is 2.83 bits per heavy atom. The van der Waals surface area contributed by atoms with Gasteiger partial charge in [0.15, 0.2) is 17.2 Å². The van der Waals surface area contributed by atoms with E-state index in [4.69, 9.17) is 16.3 Å². The fraction of sp³-hybridized carbons (Fsp3) is 0.250. The van der Waals surface area contributed by atoms with Gasteiger partial charge in [0.1, 0.15) is 0 Å². The SMILES string of the molecule is COc1cc(C=O)c(C)nc1Cl. The summed E-state index contributed by atoms with van der Waals surface area (Å²) in [6.07, 6.45) is 0.723. The number of aryl methyl sites for hydroxylation is 1. The molecular formula is C8H8ClNO2. The predicted molar refractivity (Wildman–Crippen MR) is 45.9 cm³/mol. The lowest BCUT2D eigenvalue weighted by Crippen LogP contribution is -1.94. The zero-order valence-electron chi connectivity index (χ0n) is 6.80. The highest BCUT2D eigenvalue weighted by molar-refractivity contribution is 6.30. The van der Waals surface area contributed by atoms with Crippen LogP contribution >= 0.6 is 11.6 Å². The number of hydrogen-bond donors (Lipinski definition) is 0. The van der Waals surface area contributed by atoms with Gasteiger partial charge < -0.3 is 4.74 Å². The van der Waals surface area contributed by atoms with Gasteiger partial charge in [-0.3, -0.25) is 4.79 Å². The molecular weight excluding hydrogens is 178 g/mol. The average Bonchev–Trinajstić information content (AvgIpc) is 2.05. The van der Waals surface area contributed by atoms with Crippen molar-refractivity contribution in [2.75, 3.05) is 7.11 Å². The molecule has 0 spiro atoms. The van der Waals surface area contributed by atoms with Crippen molar-refractivity contribution in [2.24, 2.45) is 0 Å². The first-order chi connectivity index (χ1) is 5.69. The third-order valence-electron chi connectivity index (χ3n) is 1.52. The van der Waals surface area contributed by atoms with Crippen LogP contribution in [0.4, 0.5) is 0 Å². The molecule has 1 rings (SSSR count). The Morgan fingerprint density at radius 2 is 2.33 bits per heavy atom. The first kappa shape index (κ1) is 9.00. The number of rotatable bonds is 2. The third-order valence-corrected chi connectivity index (χ3v) is 1.79. The lowest BCUT2D eigenvalue weighted by atomic mass is 10.2. The Kier molecular flexibility index (Phi) is 2.65. The number of carbonyl (C=O) groups excluding carboxylic acids is 1. The zero-order valence-corrected chi connectivity index (χ0v) is 7.55. The quantitative estimate of drug-likeness (QED) is 0.522. The van der Waals surface area contributed by atoms with Crippen molar-refractivity contribution in [1.82, 2.24) is 4.98 Å². The Hall–Kier alpha value is -1.09. The topological polar surface area (TPSA) is 39.2 Å². The Labute approximate surface area is 75.3 Å². The van der Waals surface area contributed by atoms with Crippen molar-refractivity contribution in [3.8, 4) is 5.75 Å². The number of carbonyl (C=O) groups is 1. The number of ether oxygens (including phenoxy) is 1. The van der Waals surface area contributed by atoms with Crippen molar-refractivity contribution < 1.29 is 9.53 Å². The van der Waals surface area contributed by atoms with E-state index >= 15 is 0 Å². The van der Waals surface area contributed by atoms with Crippen LogP contribution in [0, 0.1) is 6.92 Å². The fourth-order valence-corrected chi connectivity index (χ4v) is 1.09. The predicted octanol–water partition coefficient (Wildman–Crippen LogP) is 1.86. The molecule has 0 aromatic carbocycles. The number of aldehydes is 1. The van der Waals surface area contributed by atoms with Crippen LogP contribution in [0.1, 0.15) is 16.1 Å². The van der Waals surface area contributed by atoms with E-state index in [-0.39, 0.29) is 5.15 Å². The molecule has 0 N–H and O–H groups in total. The molecule has 0 aliphatic carbocycles. The van der Waals surface area contributed by atoms with Gasteiger partial charge >= 0.3 is 0 Å². The molecule has 0 aliphatic heterocycles. The summed E-state index contributed by atoms with van der Waals surface area (Å²) < 4.78 is 4.89. The third kappa shape index (κ3) is 1.56. The highest BCUT2D eigenvalue weighted by Gasteiger charge is 2.06. The highest BCUT2D eigenvalue weighted by atomic mass is 35.5. The Balaban J connectivity index is 3.26. The minimum atomic E-state index is 0.278. The van der Waals surface area contributed by atoms with Crippen molar-refractivity contribution in [3.63, 3.8) is 0 Å². The summed E-state index contributed by atoms with van der Waals surface area (Å²) in [4.78, 5) is 14.4. The van der Waals surface area contributed by atoms with Crippen LogP contribution in [0.25, 0.3) is 0 Å². The summed E-state index contributed by atoms with van der Waals surface area (Å²) in [7, 11) is 1.48. The summed E-state index contributed by atoms with van der Waals surface area (Å²) >= 11 is 5.71. The molecule has 0 saturated heterocycles. The molecule has 0 saturated carbocycles. The summed E-state index contributed by atoms with van der Waals surface area (Å²) in [5, 5.41) is 0.278. The molecule has 0 radical (unpaired) electrons. The molecule has 1 aromatic rings. The minimum absolute atomic E-state index is 0.278. The van der Waals surface area contributed by atoms with E-state index in [9.17, 15) is 4.79 Å². The summed E-state index contributed by atoms with van der Waals surface area (Å²) in [5.74, 6) is 0.421. The highest BCUT2D eigenvalue weighted by Crippen LogP contribution is 2.23. The smallest absolute Gasteiger partial charge is 0.171 e. The Morgan fingerprint density at radius 1 is 1.67 bits per heavy atom. The maximum absolute atomic E-state index is 10.5. The van der Waals surface area contributed by atoms with Gasteiger partial charge in [-0.25, -0.2) is 4.98 Å². The second kappa shape index (κ2) is 3.54. The second-order valence-electron chi connectivity index (χ2n) is 2.27. The second-order valence-corrected chi connectivity index (χ2v) is 2.63. The van der Waals surface area contributed by atoms with E-state index in [0.717, 1.165) is 6.29 Å². The molecule has 4 heteroatoms. The van der Waals surface area contributed by atoms with Gasteiger partial charge in [0.05, 0.1) is 7.11 Å². The molecule has 0 unspecified atom stereocenters. The van der Waals surface area contributed by atoms with Crippen LogP contribution < -0.4 is 4.74 Å². The summed E-state index contributed by atoms with van der Waals surface area (Å²) in [6, 6.07) is 1.57. The standard InChI is InChI=1S/C8H8ClNO2/c1-5-6(4-11)3-7(12-2)8(9)10-5/h3-4H,1-2H3. The average molecular weight is 186 g/mol. The van der Waals surface area contributed by atoms with Crippen LogP contribution in [0.5, 0.6) is 5.75 Å². The number of nitrogens with zero attached hydrogens (tertiary/aromatic N) is 1. The maximum Gasteiger partial charge on any atom is 0.171 e. The summed E-state index contributed by atoms with van der Waals surface area (Å²) in [5.41, 5.74) is 1.10. The Bertz CT molecular complexity index is 312. The lowest BCUT2D eigenvalue weighted by molar-refractivity contribution is 0.112. The van der Waals surface area contributed by atoms with Crippen LogP contribution in [0.3, 0.4) is 0 Å². The first-order valence-electron chi connectivity index (χ1n) is 3.35. The molecule has 64 valence electrons. The normalized spacial score (nSPS) is 9.58. The van der Waals surface area contributed by atoms with Crippen molar-refractivity contribution >= 4 is 17.9 Å². The molecule has 0 atom stereocenters. The molecule has 0 fully saturated rings. The van der Waals surface area contributed by atoms with Gasteiger partial charge in [0.2, 0.25) is 0 Å². The molecule has 3 nitrogen and oxygen atoms in total. The number of methoxy groups -OCH3 is 1. The van der Waals surface area contributed by atoms with Crippen molar-refractivity contribution in [1.29, 1.82) is 0 Å². The number of pyridine rings is 1. The number of aromatic nitrogens is 1. The number of halogens is 1. The number of hydrogen-bond acceptors (Lipinski definition) is 3. The van der Waals surface area contributed by atoms with Gasteiger partial charge in [0.25, 0.3) is 0 Å². The van der Waals surface area contributed by atoms with E-state index in [1.807, 2.05) is 0 Å². The van der Waals surface area contributed by atoms with Crippen LogP contribution in [0.2, 0.25) is 5.15 Å². The molecule has 1 heterocycles. The monoisotopic (exact) mass is 185 g/mol. The maximum atomic E-state index is 10.5. The van der Waals surface area contributed by atoms with Gasteiger partial charge in [-0.15, -0.1) is 0 Å². The van der Waals surface area contributed by atoms with Crippen LogP contribution in [-0.4, -0.2) is 18.4 Å². The first-order valence-corrected chi connectivity index (χ1v) is 3.73. The lowest BCUT2D eigenvalue weighted by Gasteiger charge is -2.04. The molecule has 0 amide bonds.